The predicted octanol–water partition coefficient (Wildman–Crippen LogP) is 1.30. The van der Waals surface area contributed by atoms with E-state index in [9.17, 15) is 4.79 Å². The van der Waals surface area contributed by atoms with Crippen molar-refractivity contribution in [1.82, 2.24) is 14.9 Å². The second-order valence-corrected chi connectivity index (χ2v) is 5.83. The molecule has 1 heterocycles. The Bertz CT molecular complexity index is 383. The molecule has 0 radical (unpaired) electrons. The molecule has 0 saturated heterocycles. The molecule has 3 N–H and O–H groups in total. The maximum absolute atomic E-state index is 12.0. The van der Waals surface area contributed by atoms with Crippen LogP contribution in [0.5, 0.6) is 0 Å². The van der Waals surface area contributed by atoms with Crippen molar-refractivity contribution in [3.8, 4) is 0 Å². The molecule has 1 atom stereocenters. The molecule has 0 fully saturated rings. The van der Waals surface area contributed by atoms with Gasteiger partial charge in [-0.1, -0.05) is 32.2 Å². The molecule has 0 aliphatic rings. The van der Waals surface area contributed by atoms with Gasteiger partial charge in [-0.2, -0.15) is 0 Å². The lowest BCUT2D eigenvalue weighted by Gasteiger charge is -2.16. The zero-order valence-electron chi connectivity index (χ0n) is 10.8. The highest BCUT2D eigenvalue weighted by Gasteiger charge is 2.26. The van der Waals surface area contributed by atoms with Gasteiger partial charge in [-0.3, -0.25) is 4.79 Å². The lowest BCUT2D eigenvalue weighted by molar-refractivity contribution is 0.0952. The highest BCUT2D eigenvalue weighted by atomic mass is 32.1. The Labute approximate surface area is 106 Å². The third kappa shape index (κ3) is 3.74. The SMILES string of the molecule is CCC(N)CNC(=O)c1snnc1C(C)(C)C. The summed E-state index contributed by atoms with van der Waals surface area (Å²) in [6.07, 6.45) is 0.841. The Hall–Kier alpha value is -1.01. The maximum Gasteiger partial charge on any atom is 0.265 e. The van der Waals surface area contributed by atoms with Gasteiger partial charge in [0.2, 0.25) is 0 Å². The first kappa shape index (κ1) is 14.1. The third-order valence-electron chi connectivity index (χ3n) is 2.45. The average Bonchev–Trinajstić information content (AvgIpc) is 2.73. The van der Waals surface area contributed by atoms with Crippen LogP contribution in [0.3, 0.4) is 0 Å². The molecule has 1 rings (SSSR count). The minimum atomic E-state index is -0.174. The number of carbonyl (C=O) groups is 1. The van der Waals surface area contributed by atoms with Gasteiger partial charge in [-0.15, -0.1) is 5.10 Å². The van der Waals surface area contributed by atoms with E-state index >= 15 is 0 Å². The molecule has 6 heteroatoms. The first-order chi connectivity index (χ1) is 7.86. The Kier molecular flexibility index (Phi) is 4.59. The standard InChI is InChI=1S/C11H20N4OS/c1-5-7(12)6-13-10(16)8-9(11(2,3)4)14-15-17-8/h7H,5-6,12H2,1-4H3,(H,13,16). The van der Waals surface area contributed by atoms with Crippen molar-refractivity contribution in [2.75, 3.05) is 6.54 Å². The van der Waals surface area contributed by atoms with E-state index in [0.29, 0.717) is 11.4 Å². The van der Waals surface area contributed by atoms with Crippen LogP contribution in [0.1, 0.15) is 49.5 Å². The zero-order chi connectivity index (χ0) is 13.1. The van der Waals surface area contributed by atoms with Crippen molar-refractivity contribution >= 4 is 17.4 Å². The molecule has 0 spiro atoms. The number of nitrogens with one attached hydrogen (secondary N) is 1. The van der Waals surface area contributed by atoms with Crippen molar-refractivity contribution in [2.24, 2.45) is 5.73 Å². The minimum Gasteiger partial charge on any atom is -0.350 e. The van der Waals surface area contributed by atoms with E-state index in [1.54, 1.807) is 0 Å². The Morgan fingerprint density at radius 2 is 2.18 bits per heavy atom. The summed E-state index contributed by atoms with van der Waals surface area (Å²) in [5, 5.41) is 6.85. The fourth-order valence-corrected chi connectivity index (χ4v) is 2.07. The fourth-order valence-electron chi connectivity index (χ4n) is 1.28. The van der Waals surface area contributed by atoms with E-state index in [-0.39, 0.29) is 17.4 Å². The summed E-state index contributed by atoms with van der Waals surface area (Å²) in [5.74, 6) is -0.131. The van der Waals surface area contributed by atoms with E-state index in [1.165, 1.54) is 0 Å². The van der Waals surface area contributed by atoms with Gasteiger partial charge in [-0.25, -0.2) is 0 Å². The summed E-state index contributed by atoms with van der Waals surface area (Å²) in [4.78, 5) is 12.5. The smallest absolute Gasteiger partial charge is 0.265 e. The molecule has 5 nitrogen and oxygen atoms in total. The molecule has 0 aliphatic carbocycles. The van der Waals surface area contributed by atoms with Crippen LogP contribution in [0.25, 0.3) is 0 Å². The molecule has 0 saturated carbocycles. The maximum atomic E-state index is 12.0. The first-order valence-electron chi connectivity index (χ1n) is 5.72. The number of hydrogen-bond donors (Lipinski definition) is 2. The summed E-state index contributed by atoms with van der Waals surface area (Å²) in [5.41, 5.74) is 6.32. The van der Waals surface area contributed by atoms with Crippen LogP contribution in [-0.4, -0.2) is 28.1 Å². The second kappa shape index (κ2) is 5.55. The van der Waals surface area contributed by atoms with Gasteiger partial charge in [0.05, 0.1) is 5.69 Å². The first-order valence-corrected chi connectivity index (χ1v) is 6.50. The predicted molar refractivity (Wildman–Crippen MR) is 69.2 cm³/mol. The van der Waals surface area contributed by atoms with Gasteiger partial charge in [-0.05, 0) is 18.0 Å². The number of carbonyl (C=O) groups excluding carboxylic acids is 1. The summed E-state index contributed by atoms with van der Waals surface area (Å²) >= 11 is 1.13. The summed E-state index contributed by atoms with van der Waals surface area (Å²) in [6, 6.07) is -0.00193. The van der Waals surface area contributed by atoms with E-state index in [2.05, 4.69) is 14.9 Å². The lowest BCUT2D eigenvalue weighted by atomic mass is 9.91. The van der Waals surface area contributed by atoms with Crippen LogP contribution in [0.4, 0.5) is 0 Å². The van der Waals surface area contributed by atoms with Crippen LogP contribution in [-0.2, 0) is 5.41 Å². The number of hydrogen-bond acceptors (Lipinski definition) is 5. The van der Waals surface area contributed by atoms with E-state index in [4.69, 9.17) is 5.73 Å². The van der Waals surface area contributed by atoms with E-state index in [1.807, 2.05) is 27.7 Å². The van der Waals surface area contributed by atoms with Crippen LogP contribution >= 0.6 is 11.5 Å². The number of rotatable bonds is 4. The van der Waals surface area contributed by atoms with Crippen molar-refractivity contribution in [2.45, 2.75) is 45.6 Å². The second-order valence-electron chi connectivity index (χ2n) is 5.08. The van der Waals surface area contributed by atoms with Crippen LogP contribution < -0.4 is 11.1 Å². The minimum absolute atomic E-state index is 0.00193. The molecule has 17 heavy (non-hydrogen) atoms. The monoisotopic (exact) mass is 256 g/mol. The molecule has 1 aromatic rings. The van der Waals surface area contributed by atoms with Gasteiger partial charge in [0.25, 0.3) is 5.91 Å². The van der Waals surface area contributed by atoms with Crippen LogP contribution in [0.2, 0.25) is 0 Å². The number of nitrogens with two attached hydrogens (primary N) is 1. The Morgan fingerprint density at radius 1 is 1.53 bits per heavy atom. The molecular weight excluding hydrogens is 236 g/mol. The Balaban J connectivity index is 2.73. The van der Waals surface area contributed by atoms with Crippen molar-refractivity contribution in [3.05, 3.63) is 10.6 Å². The number of nitrogens with zero attached hydrogens (tertiary/aromatic N) is 2. The summed E-state index contributed by atoms with van der Waals surface area (Å²) in [6.45, 7) is 8.51. The summed E-state index contributed by atoms with van der Waals surface area (Å²) in [7, 11) is 0. The van der Waals surface area contributed by atoms with Crippen LogP contribution in [0, 0.1) is 0 Å². The quantitative estimate of drug-likeness (QED) is 0.851. The topological polar surface area (TPSA) is 80.9 Å². The van der Waals surface area contributed by atoms with Gasteiger partial charge in [0.15, 0.2) is 0 Å². The largest absolute Gasteiger partial charge is 0.350 e. The fraction of sp³-hybridized carbons (Fsp3) is 0.727. The van der Waals surface area contributed by atoms with Crippen molar-refractivity contribution < 1.29 is 4.79 Å². The van der Waals surface area contributed by atoms with Crippen LogP contribution in [0.15, 0.2) is 0 Å². The Morgan fingerprint density at radius 3 is 2.71 bits per heavy atom. The van der Waals surface area contributed by atoms with Crippen molar-refractivity contribution in [3.63, 3.8) is 0 Å². The highest BCUT2D eigenvalue weighted by Crippen LogP contribution is 2.25. The molecule has 0 aromatic carbocycles. The van der Waals surface area contributed by atoms with Gasteiger partial charge < -0.3 is 11.1 Å². The molecule has 1 aromatic heterocycles. The average molecular weight is 256 g/mol. The third-order valence-corrected chi connectivity index (χ3v) is 3.18. The summed E-state index contributed by atoms with van der Waals surface area (Å²) < 4.78 is 3.86. The van der Waals surface area contributed by atoms with E-state index in [0.717, 1.165) is 23.6 Å². The van der Waals surface area contributed by atoms with E-state index < -0.39 is 0 Å². The highest BCUT2D eigenvalue weighted by molar-refractivity contribution is 7.08. The molecule has 96 valence electrons. The van der Waals surface area contributed by atoms with Crippen molar-refractivity contribution in [1.29, 1.82) is 0 Å². The molecule has 1 unspecified atom stereocenters. The van der Waals surface area contributed by atoms with Gasteiger partial charge >= 0.3 is 0 Å². The molecule has 1 amide bonds. The zero-order valence-corrected chi connectivity index (χ0v) is 11.6. The van der Waals surface area contributed by atoms with Gasteiger partial charge in [0.1, 0.15) is 4.88 Å². The molecular formula is C11H20N4OS. The molecule has 0 aliphatic heterocycles. The number of amides is 1. The lowest BCUT2D eigenvalue weighted by Crippen LogP contribution is -2.37. The normalized spacial score (nSPS) is 13.5. The molecule has 0 bridgehead atoms. The number of aromatic nitrogens is 2. The van der Waals surface area contributed by atoms with Gasteiger partial charge in [0, 0.05) is 18.0 Å².